The van der Waals surface area contributed by atoms with Crippen LogP contribution in [-0.2, 0) is 47.6 Å². The number of allylic oxidation sites excluding steroid dienone is 5. The molecule has 2 N–H and O–H groups in total. The Hall–Kier alpha value is -4.70. The molecule has 266 valence electrons. The fraction of sp³-hybridized carbons (Fsp3) is 0.162. The van der Waals surface area contributed by atoms with Gasteiger partial charge >= 0.3 is 0 Å². The second-order valence-electron chi connectivity index (χ2n) is 11.3. The lowest BCUT2D eigenvalue weighted by molar-refractivity contribution is 0.337. The number of hydrogen-bond donors (Lipinski definition) is 2. The molecular formula is C37H36N2O9S3. The molecule has 0 amide bonds. The summed E-state index contributed by atoms with van der Waals surface area (Å²) in [6, 6.07) is 26.1. The molecule has 0 aromatic heterocycles. The Morgan fingerprint density at radius 3 is 1.88 bits per heavy atom. The Morgan fingerprint density at radius 2 is 1.27 bits per heavy atom. The first kappa shape index (κ1) is 37.6. The predicted octanol–water partition coefficient (Wildman–Crippen LogP) is 6.50. The quantitative estimate of drug-likeness (QED) is 0.114. The van der Waals surface area contributed by atoms with Crippen LogP contribution in [0.1, 0.15) is 36.1 Å². The third kappa shape index (κ3) is 8.97. The molecule has 0 bridgehead atoms. The number of hydrogen-bond acceptors (Lipinski definition) is 9. The number of rotatable bonds is 13. The van der Waals surface area contributed by atoms with Crippen molar-refractivity contribution < 1.29 is 38.5 Å². The van der Waals surface area contributed by atoms with E-state index in [-0.39, 0.29) is 39.9 Å². The van der Waals surface area contributed by atoms with Gasteiger partial charge in [0.05, 0.1) is 28.7 Å². The summed E-state index contributed by atoms with van der Waals surface area (Å²) in [7, 11) is -13.3. The smallest absolute Gasteiger partial charge is 0.297 e. The lowest BCUT2D eigenvalue weighted by Crippen LogP contribution is -2.23. The van der Waals surface area contributed by atoms with Gasteiger partial charge in [-0.3, -0.25) is 18.3 Å². The molecule has 0 aliphatic heterocycles. The molecule has 0 heterocycles. The maximum Gasteiger partial charge on any atom is 0.297 e. The van der Waals surface area contributed by atoms with E-state index in [1.807, 2.05) is 25.1 Å². The Labute approximate surface area is 298 Å². The molecular weight excluding hydrogens is 713 g/mol. The van der Waals surface area contributed by atoms with Crippen molar-refractivity contribution in [3.8, 4) is 0 Å². The van der Waals surface area contributed by atoms with Crippen molar-refractivity contribution in [2.24, 2.45) is 4.99 Å². The molecule has 4 aromatic carbocycles. The van der Waals surface area contributed by atoms with E-state index in [4.69, 9.17) is 4.18 Å². The molecule has 0 atom stereocenters. The highest BCUT2D eigenvalue weighted by Crippen LogP contribution is 2.36. The van der Waals surface area contributed by atoms with Crippen molar-refractivity contribution in [1.29, 1.82) is 0 Å². The van der Waals surface area contributed by atoms with Gasteiger partial charge in [-0.05, 0) is 78.1 Å². The molecule has 1 aliphatic rings. The largest absolute Gasteiger partial charge is 0.367 e. The fourth-order valence-corrected chi connectivity index (χ4v) is 8.26. The zero-order chi connectivity index (χ0) is 36.8. The van der Waals surface area contributed by atoms with Crippen LogP contribution in [0.25, 0.3) is 5.57 Å². The van der Waals surface area contributed by atoms with Gasteiger partial charge in [-0.25, -0.2) is 0 Å². The van der Waals surface area contributed by atoms with E-state index in [0.717, 1.165) is 0 Å². The van der Waals surface area contributed by atoms with E-state index in [1.165, 1.54) is 24.3 Å². The van der Waals surface area contributed by atoms with Crippen LogP contribution >= 0.6 is 0 Å². The highest BCUT2D eigenvalue weighted by atomic mass is 32.2. The van der Waals surface area contributed by atoms with Crippen molar-refractivity contribution in [2.45, 2.75) is 41.6 Å². The fourth-order valence-electron chi connectivity index (χ4n) is 5.69. The Bertz CT molecular complexity index is 2370. The number of anilines is 1. The standard InChI is InChI=1S/C37H36N2O9S3/c1-3-39(26-30-15-9-10-16-34(30)49(40,41)42)32-22-23-33(36(24-32)50(43,44)45)37(27-12-6-5-7-13-27)28-18-20-31(21-19-28)38-25-29-14-8-11-17-35(29)51(46,47)48-4-2/h5-24H,3-4,25-26H2,1-2H3,(H,40,41,42)(H,43,44,45). The van der Waals surface area contributed by atoms with Crippen LogP contribution in [0, 0.1) is 0 Å². The molecule has 4 aromatic rings. The molecule has 1 aliphatic carbocycles. The molecule has 0 saturated heterocycles. The van der Waals surface area contributed by atoms with Gasteiger partial charge in [-0.15, -0.1) is 0 Å². The summed E-state index contributed by atoms with van der Waals surface area (Å²) in [5, 5.41) is 0. The van der Waals surface area contributed by atoms with Crippen LogP contribution < -0.4 is 4.90 Å². The van der Waals surface area contributed by atoms with E-state index in [1.54, 1.807) is 90.7 Å². The van der Waals surface area contributed by atoms with Gasteiger partial charge < -0.3 is 4.90 Å². The minimum absolute atomic E-state index is 0.0000166. The highest BCUT2D eigenvalue weighted by molar-refractivity contribution is 7.87. The Kier molecular flexibility index (Phi) is 11.5. The lowest BCUT2D eigenvalue weighted by atomic mass is 9.90. The third-order valence-corrected chi connectivity index (χ3v) is 11.4. The SMILES string of the molecule is CCOS(=O)(=O)c1ccccc1CN=C1C=CC(=C(c2ccccc2)c2ccc(N(CC)Cc3ccccc3S(=O)(=O)O)cc2S(=O)(=O)O)C=C1. The van der Waals surface area contributed by atoms with Crippen molar-refractivity contribution >= 4 is 47.3 Å². The summed E-state index contributed by atoms with van der Waals surface area (Å²) >= 11 is 0. The average molecular weight is 749 g/mol. The highest BCUT2D eigenvalue weighted by Gasteiger charge is 2.24. The van der Waals surface area contributed by atoms with Crippen LogP contribution in [0.2, 0.25) is 0 Å². The number of benzene rings is 4. The van der Waals surface area contributed by atoms with Crippen LogP contribution in [0.15, 0.2) is 147 Å². The van der Waals surface area contributed by atoms with E-state index >= 15 is 0 Å². The van der Waals surface area contributed by atoms with E-state index in [0.29, 0.717) is 45.8 Å². The maximum atomic E-state index is 13.0. The molecule has 0 unspecified atom stereocenters. The van der Waals surface area contributed by atoms with Gasteiger partial charge in [0.15, 0.2) is 0 Å². The summed E-state index contributed by atoms with van der Waals surface area (Å²) in [4.78, 5) is 5.73. The van der Waals surface area contributed by atoms with Crippen LogP contribution in [0.4, 0.5) is 5.69 Å². The summed E-state index contributed by atoms with van der Waals surface area (Å²) in [6.45, 7) is 3.83. The maximum absolute atomic E-state index is 13.0. The van der Waals surface area contributed by atoms with Gasteiger partial charge in [-0.2, -0.15) is 25.3 Å². The predicted molar refractivity (Wildman–Crippen MR) is 196 cm³/mol. The molecule has 0 radical (unpaired) electrons. The van der Waals surface area contributed by atoms with E-state index in [2.05, 4.69) is 4.99 Å². The first-order chi connectivity index (χ1) is 24.2. The lowest BCUT2D eigenvalue weighted by Gasteiger charge is -2.26. The van der Waals surface area contributed by atoms with Crippen molar-refractivity contribution in [2.75, 3.05) is 18.1 Å². The second kappa shape index (κ2) is 15.7. The molecule has 14 heteroatoms. The third-order valence-electron chi connectivity index (χ3n) is 8.04. The summed E-state index contributed by atoms with van der Waals surface area (Å²) in [6.07, 6.45) is 6.97. The molecule has 11 nitrogen and oxygen atoms in total. The zero-order valence-corrected chi connectivity index (χ0v) is 30.2. The van der Waals surface area contributed by atoms with Gasteiger partial charge in [0.25, 0.3) is 30.4 Å². The van der Waals surface area contributed by atoms with Crippen molar-refractivity contribution in [3.63, 3.8) is 0 Å². The number of nitrogens with zero attached hydrogens (tertiary/aromatic N) is 2. The molecule has 0 spiro atoms. The van der Waals surface area contributed by atoms with Gasteiger partial charge in [0, 0.05) is 24.3 Å². The number of aliphatic imine (C=N–C) groups is 1. The zero-order valence-electron chi connectivity index (χ0n) is 27.7. The summed E-state index contributed by atoms with van der Waals surface area (Å²) in [5.74, 6) is 0. The van der Waals surface area contributed by atoms with Crippen molar-refractivity contribution in [3.05, 3.63) is 149 Å². The first-order valence-corrected chi connectivity index (χ1v) is 20.1. The minimum atomic E-state index is -4.79. The second-order valence-corrected chi connectivity index (χ2v) is 15.7. The molecule has 5 rings (SSSR count). The first-order valence-electron chi connectivity index (χ1n) is 15.8. The Morgan fingerprint density at radius 1 is 0.686 bits per heavy atom. The monoisotopic (exact) mass is 748 g/mol. The van der Waals surface area contributed by atoms with Crippen LogP contribution in [-0.4, -0.2) is 53.2 Å². The molecule has 51 heavy (non-hydrogen) atoms. The Balaban J connectivity index is 1.55. The molecule has 0 saturated carbocycles. The van der Waals surface area contributed by atoms with Crippen molar-refractivity contribution in [1.82, 2.24) is 0 Å². The van der Waals surface area contributed by atoms with E-state index in [9.17, 15) is 34.4 Å². The molecule has 0 fully saturated rings. The topological polar surface area (TPSA) is 168 Å². The van der Waals surface area contributed by atoms with E-state index < -0.39 is 30.4 Å². The average Bonchev–Trinajstić information content (AvgIpc) is 3.10. The van der Waals surface area contributed by atoms with Crippen LogP contribution in [0.3, 0.4) is 0 Å². The van der Waals surface area contributed by atoms with Gasteiger partial charge in [-0.1, -0.05) is 84.9 Å². The summed E-state index contributed by atoms with van der Waals surface area (Å²) in [5.41, 5.74) is 3.73. The normalized spacial score (nSPS) is 13.3. The minimum Gasteiger partial charge on any atom is -0.367 e. The van der Waals surface area contributed by atoms with Crippen LogP contribution in [0.5, 0.6) is 0 Å². The van der Waals surface area contributed by atoms with Gasteiger partial charge in [0.1, 0.15) is 4.90 Å². The summed E-state index contributed by atoms with van der Waals surface area (Å²) < 4.78 is 100. The van der Waals surface area contributed by atoms with Gasteiger partial charge in [0.2, 0.25) is 0 Å².